The molecule has 0 unspecified atom stereocenters. The van der Waals surface area contributed by atoms with Gasteiger partial charge in [0.1, 0.15) is 5.82 Å². The first-order valence-corrected chi connectivity index (χ1v) is 11.2. The van der Waals surface area contributed by atoms with Crippen LogP contribution in [0, 0.1) is 0 Å². The maximum atomic E-state index is 12.8. The molecule has 2 aliphatic rings. The molecule has 31 heavy (non-hydrogen) atoms. The number of para-hydroxylation sites is 1. The minimum absolute atomic E-state index is 0.0698. The van der Waals surface area contributed by atoms with Crippen molar-refractivity contribution in [1.29, 1.82) is 0 Å². The van der Waals surface area contributed by atoms with Crippen molar-refractivity contribution in [3.8, 4) is 5.69 Å². The van der Waals surface area contributed by atoms with E-state index in [1.807, 2.05) is 41.1 Å². The lowest BCUT2D eigenvalue weighted by Crippen LogP contribution is -2.50. The summed E-state index contributed by atoms with van der Waals surface area (Å²) in [6, 6.07) is 11.9. The highest BCUT2D eigenvalue weighted by molar-refractivity contribution is 5.91. The minimum atomic E-state index is -0.280. The van der Waals surface area contributed by atoms with Crippen molar-refractivity contribution in [3.63, 3.8) is 0 Å². The van der Waals surface area contributed by atoms with Gasteiger partial charge in [-0.3, -0.25) is 9.69 Å². The largest absolute Gasteiger partial charge is 0.450 e. The van der Waals surface area contributed by atoms with E-state index in [4.69, 9.17) is 9.84 Å². The summed E-state index contributed by atoms with van der Waals surface area (Å²) in [7, 11) is 0. The zero-order valence-electron chi connectivity index (χ0n) is 18.1. The highest BCUT2D eigenvalue weighted by Crippen LogP contribution is 2.35. The molecule has 1 N–H and O–H groups in total. The van der Waals surface area contributed by atoms with Gasteiger partial charge >= 0.3 is 6.09 Å². The van der Waals surface area contributed by atoms with Crippen molar-refractivity contribution in [1.82, 2.24) is 19.6 Å². The first-order valence-electron chi connectivity index (χ1n) is 11.2. The van der Waals surface area contributed by atoms with Crippen molar-refractivity contribution in [2.75, 3.05) is 44.6 Å². The van der Waals surface area contributed by atoms with E-state index >= 15 is 0 Å². The molecule has 0 spiro atoms. The fourth-order valence-corrected chi connectivity index (χ4v) is 4.36. The standard InChI is InChI=1S/C23H31N5O3/c1-2-31-23(30)27-14-12-26(13-15-27)17-22(29)24-21-16-20(18-8-6-7-9-18)25-28(21)19-10-4-3-5-11-19/h3-5,10-11,16,18H,2,6-9,12-15,17H2,1H3,(H,24,29). The Bertz CT molecular complexity index is 884. The number of hydrogen-bond acceptors (Lipinski definition) is 5. The first-order chi connectivity index (χ1) is 15.1. The number of anilines is 1. The van der Waals surface area contributed by atoms with Crippen LogP contribution in [0.5, 0.6) is 0 Å². The number of piperazine rings is 1. The smallest absolute Gasteiger partial charge is 0.409 e. The van der Waals surface area contributed by atoms with Gasteiger partial charge in [0.05, 0.1) is 24.5 Å². The average Bonchev–Trinajstić information content (AvgIpc) is 3.45. The van der Waals surface area contributed by atoms with Gasteiger partial charge in [0.2, 0.25) is 5.91 Å². The van der Waals surface area contributed by atoms with E-state index in [1.54, 1.807) is 11.8 Å². The van der Waals surface area contributed by atoms with Crippen molar-refractivity contribution in [3.05, 3.63) is 42.1 Å². The van der Waals surface area contributed by atoms with Crippen LogP contribution in [0.25, 0.3) is 5.69 Å². The van der Waals surface area contributed by atoms with Crippen LogP contribution >= 0.6 is 0 Å². The van der Waals surface area contributed by atoms with Crippen LogP contribution in [0.2, 0.25) is 0 Å². The Hall–Kier alpha value is -2.87. The summed E-state index contributed by atoms with van der Waals surface area (Å²) in [4.78, 5) is 28.4. The number of carbonyl (C=O) groups excluding carboxylic acids is 2. The molecule has 166 valence electrons. The van der Waals surface area contributed by atoms with Crippen LogP contribution < -0.4 is 5.32 Å². The average molecular weight is 426 g/mol. The van der Waals surface area contributed by atoms with E-state index in [0.29, 0.717) is 44.5 Å². The fraction of sp³-hybridized carbons (Fsp3) is 0.522. The highest BCUT2D eigenvalue weighted by Gasteiger charge is 2.25. The number of nitrogens with one attached hydrogen (secondary N) is 1. The second-order valence-corrected chi connectivity index (χ2v) is 8.19. The summed E-state index contributed by atoms with van der Waals surface area (Å²) >= 11 is 0. The molecule has 1 saturated carbocycles. The molecule has 8 heteroatoms. The van der Waals surface area contributed by atoms with Crippen LogP contribution in [0.3, 0.4) is 0 Å². The van der Waals surface area contributed by atoms with E-state index in [1.165, 1.54) is 12.8 Å². The Morgan fingerprint density at radius 3 is 2.48 bits per heavy atom. The molecule has 0 radical (unpaired) electrons. The normalized spacial score (nSPS) is 17.6. The molecule has 2 amide bonds. The molecule has 1 aliphatic carbocycles. The second kappa shape index (κ2) is 9.96. The molecule has 2 fully saturated rings. The summed E-state index contributed by atoms with van der Waals surface area (Å²) in [6.07, 6.45) is 4.51. The van der Waals surface area contributed by atoms with Crippen LogP contribution in [-0.2, 0) is 9.53 Å². The Labute approximate surface area is 183 Å². The van der Waals surface area contributed by atoms with Gasteiger partial charge in [-0.05, 0) is 31.9 Å². The maximum absolute atomic E-state index is 12.8. The van der Waals surface area contributed by atoms with Gasteiger partial charge in [-0.1, -0.05) is 31.0 Å². The van der Waals surface area contributed by atoms with Gasteiger partial charge < -0.3 is 15.0 Å². The van der Waals surface area contributed by atoms with E-state index in [9.17, 15) is 9.59 Å². The molecule has 1 aromatic carbocycles. The zero-order chi connectivity index (χ0) is 21.6. The molecule has 1 aromatic heterocycles. The predicted octanol–water partition coefficient (Wildman–Crippen LogP) is 3.24. The fourth-order valence-electron chi connectivity index (χ4n) is 4.36. The van der Waals surface area contributed by atoms with Crippen molar-refractivity contribution >= 4 is 17.8 Å². The third-order valence-corrected chi connectivity index (χ3v) is 6.04. The minimum Gasteiger partial charge on any atom is -0.450 e. The molecule has 2 heterocycles. The number of hydrogen-bond donors (Lipinski definition) is 1. The lowest BCUT2D eigenvalue weighted by molar-refractivity contribution is -0.117. The van der Waals surface area contributed by atoms with Crippen molar-refractivity contribution in [2.24, 2.45) is 0 Å². The first kappa shape index (κ1) is 21.4. The lowest BCUT2D eigenvalue weighted by Gasteiger charge is -2.33. The summed E-state index contributed by atoms with van der Waals surface area (Å²) in [6.45, 7) is 4.90. The van der Waals surface area contributed by atoms with Crippen molar-refractivity contribution in [2.45, 2.75) is 38.5 Å². The summed E-state index contributed by atoms with van der Waals surface area (Å²) in [5.74, 6) is 1.11. The third kappa shape index (κ3) is 5.25. The molecule has 4 rings (SSSR count). The number of nitrogens with zero attached hydrogens (tertiary/aromatic N) is 4. The van der Waals surface area contributed by atoms with Gasteiger partial charge in [-0.2, -0.15) is 5.10 Å². The lowest BCUT2D eigenvalue weighted by atomic mass is 10.0. The topological polar surface area (TPSA) is 79.7 Å². The van der Waals surface area contributed by atoms with E-state index in [0.717, 1.165) is 24.2 Å². The molecular weight excluding hydrogens is 394 g/mol. The number of amides is 2. The molecule has 0 atom stereocenters. The molecular formula is C23H31N5O3. The number of benzene rings is 1. The summed E-state index contributed by atoms with van der Waals surface area (Å²) in [5, 5.41) is 7.91. The molecule has 1 saturated heterocycles. The van der Waals surface area contributed by atoms with Gasteiger partial charge in [-0.15, -0.1) is 0 Å². The molecule has 2 aromatic rings. The number of rotatable bonds is 6. The van der Waals surface area contributed by atoms with Crippen LogP contribution in [0.1, 0.15) is 44.2 Å². The van der Waals surface area contributed by atoms with E-state index < -0.39 is 0 Å². The van der Waals surface area contributed by atoms with Crippen LogP contribution in [0.4, 0.5) is 10.6 Å². The van der Waals surface area contributed by atoms with E-state index in [-0.39, 0.29) is 18.5 Å². The van der Waals surface area contributed by atoms with E-state index in [2.05, 4.69) is 10.2 Å². The zero-order valence-corrected chi connectivity index (χ0v) is 18.1. The van der Waals surface area contributed by atoms with Gasteiger partial charge in [-0.25, -0.2) is 9.48 Å². The second-order valence-electron chi connectivity index (χ2n) is 8.19. The van der Waals surface area contributed by atoms with Gasteiger partial charge in [0.15, 0.2) is 0 Å². The molecule has 0 bridgehead atoms. The Morgan fingerprint density at radius 1 is 1.10 bits per heavy atom. The van der Waals surface area contributed by atoms with Crippen LogP contribution in [0.15, 0.2) is 36.4 Å². The molecule has 1 aliphatic heterocycles. The predicted molar refractivity (Wildman–Crippen MR) is 118 cm³/mol. The summed E-state index contributed by atoms with van der Waals surface area (Å²) < 4.78 is 6.89. The summed E-state index contributed by atoms with van der Waals surface area (Å²) in [5.41, 5.74) is 1.99. The molecule has 8 nitrogen and oxygen atoms in total. The van der Waals surface area contributed by atoms with Gasteiger partial charge in [0, 0.05) is 38.2 Å². The Morgan fingerprint density at radius 2 is 1.81 bits per heavy atom. The Balaban J connectivity index is 1.40. The third-order valence-electron chi connectivity index (χ3n) is 6.04. The number of aromatic nitrogens is 2. The van der Waals surface area contributed by atoms with Crippen molar-refractivity contribution < 1.29 is 14.3 Å². The number of ether oxygens (including phenoxy) is 1. The maximum Gasteiger partial charge on any atom is 0.409 e. The van der Waals surface area contributed by atoms with Crippen LogP contribution in [-0.4, -0.2) is 70.9 Å². The highest BCUT2D eigenvalue weighted by atomic mass is 16.6. The SMILES string of the molecule is CCOC(=O)N1CCN(CC(=O)Nc2cc(C3CCCC3)nn2-c2ccccc2)CC1. The quantitative estimate of drug-likeness (QED) is 0.769. The Kier molecular flexibility index (Phi) is 6.86. The monoisotopic (exact) mass is 425 g/mol. The van der Waals surface area contributed by atoms with Gasteiger partial charge in [0.25, 0.3) is 0 Å². The number of carbonyl (C=O) groups is 2.